The number of nitrogens with one attached hydrogen (secondary N) is 1. The van der Waals surface area contributed by atoms with Gasteiger partial charge < -0.3 is 15.2 Å². The Morgan fingerprint density at radius 1 is 1.00 bits per heavy atom. The number of anilines is 1. The third-order valence-corrected chi connectivity index (χ3v) is 4.32. The number of fused-ring (bicyclic) bond motifs is 1. The fourth-order valence-corrected chi connectivity index (χ4v) is 2.68. The van der Waals surface area contributed by atoms with Gasteiger partial charge in [-0.2, -0.15) is 13.2 Å². The first-order valence-corrected chi connectivity index (χ1v) is 8.76. The third-order valence-electron chi connectivity index (χ3n) is 3.96. The van der Waals surface area contributed by atoms with Crippen molar-refractivity contribution in [1.29, 1.82) is 0 Å². The highest BCUT2D eigenvalue weighted by Crippen LogP contribution is 2.37. The predicted molar refractivity (Wildman–Crippen MR) is 101 cm³/mol. The van der Waals surface area contributed by atoms with Crippen molar-refractivity contribution in [3.05, 3.63) is 66.2 Å². The molecule has 3 nitrogen and oxygen atoms in total. The summed E-state index contributed by atoms with van der Waals surface area (Å²) in [5, 5.41) is 14.3. The molecule has 0 aliphatic rings. The lowest BCUT2D eigenvalue weighted by atomic mass is 10.1. The minimum atomic E-state index is -4.48. The van der Waals surface area contributed by atoms with Crippen LogP contribution in [-0.4, -0.2) is 23.6 Å². The number of aliphatic hydroxyl groups is 1. The van der Waals surface area contributed by atoms with Crippen LogP contribution in [0.3, 0.4) is 0 Å². The van der Waals surface area contributed by atoms with Crippen LogP contribution in [0.4, 0.5) is 18.9 Å². The molecule has 0 amide bonds. The third kappa shape index (κ3) is 4.84. The smallest absolute Gasteiger partial charge is 0.416 e. The second kappa shape index (κ2) is 8.06. The lowest BCUT2D eigenvalue weighted by Gasteiger charge is -2.17. The Morgan fingerprint density at radius 2 is 1.74 bits per heavy atom. The largest absolute Gasteiger partial charge is 0.455 e. The maximum Gasteiger partial charge on any atom is 0.416 e. The zero-order valence-corrected chi connectivity index (χ0v) is 14.9. The highest BCUT2D eigenvalue weighted by atomic mass is 35.5. The Balaban J connectivity index is 1.91. The minimum Gasteiger partial charge on any atom is -0.455 e. The van der Waals surface area contributed by atoms with Crippen LogP contribution in [0.5, 0.6) is 11.5 Å². The van der Waals surface area contributed by atoms with Gasteiger partial charge in [0.2, 0.25) is 0 Å². The van der Waals surface area contributed by atoms with E-state index in [2.05, 4.69) is 5.32 Å². The molecule has 27 heavy (non-hydrogen) atoms. The zero-order chi connectivity index (χ0) is 19.4. The molecule has 142 valence electrons. The van der Waals surface area contributed by atoms with E-state index in [0.717, 1.165) is 22.9 Å². The molecule has 3 rings (SSSR count). The van der Waals surface area contributed by atoms with Crippen molar-refractivity contribution >= 4 is 28.1 Å². The first-order valence-electron chi connectivity index (χ1n) is 8.22. The van der Waals surface area contributed by atoms with Crippen molar-refractivity contribution in [2.45, 2.75) is 12.3 Å². The van der Waals surface area contributed by atoms with Crippen LogP contribution in [0, 0.1) is 0 Å². The van der Waals surface area contributed by atoms with Crippen LogP contribution < -0.4 is 10.1 Å². The van der Waals surface area contributed by atoms with E-state index in [9.17, 15) is 18.3 Å². The van der Waals surface area contributed by atoms with Crippen LogP contribution in [0.25, 0.3) is 10.8 Å². The van der Waals surface area contributed by atoms with Crippen molar-refractivity contribution in [3.8, 4) is 11.5 Å². The maximum absolute atomic E-state index is 13.0. The SMILES string of the molecule is OC(CCl)CNc1cc(C(F)(F)F)ccc1Oc1ccc2ccccc2c1. The Kier molecular flexibility index (Phi) is 5.77. The molecule has 3 aromatic rings. The van der Waals surface area contributed by atoms with Crippen LogP contribution in [0.2, 0.25) is 0 Å². The normalized spacial score (nSPS) is 12.8. The number of hydrogen-bond donors (Lipinski definition) is 2. The van der Waals surface area contributed by atoms with E-state index < -0.39 is 17.8 Å². The van der Waals surface area contributed by atoms with Gasteiger partial charge in [-0.05, 0) is 41.1 Å². The molecular formula is C20H17ClF3NO2. The minimum absolute atomic E-state index is 0.00110. The highest BCUT2D eigenvalue weighted by molar-refractivity contribution is 6.18. The molecular weight excluding hydrogens is 379 g/mol. The number of benzene rings is 3. The molecule has 0 aliphatic heterocycles. The summed E-state index contributed by atoms with van der Waals surface area (Å²) in [5.41, 5.74) is -0.682. The van der Waals surface area contributed by atoms with Crippen molar-refractivity contribution in [1.82, 2.24) is 0 Å². The van der Waals surface area contributed by atoms with Crippen LogP contribution in [0.15, 0.2) is 60.7 Å². The van der Waals surface area contributed by atoms with E-state index in [1.165, 1.54) is 6.07 Å². The molecule has 1 atom stereocenters. The fraction of sp³-hybridized carbons (Fsp3) is 0.200. The van der Waals surface area contributed by atoms with Gasteiger partial charge in [0.25, 0.3) is 0 Å². The van der Waals surface area contributed by atoms with Gasteiger partial charge in [0.1, 0.15) is 5.75 Å². The summed E-state index contributed by atoms with van der Waals surface area (Å²) in [6.45, 7) is -0.00110. The van der Waals surface area contributed by atoms with E-state index in [1.807, 2.05) is 36.4 Å². The van der Waals surface area contributed by atoms with Gasteiger partial charge in [-0.3, -0.25) is 0 Å². The summed E-state index contributed by atoms with van der Waals surface area (Å²) in [6, 6.07) is 16.3. The van der Waals surface area contributed by atoms with Crippen molar-refractivity contribution in [3.63, 3.8) is 0 Å². The summed E-state index contributed by atoms with van der Waals surface area (Å²) < 4.78 is 44.9. The quantitative estimate of drug-likeness (QED) is 0.529. The number of ether oxygens (including phenoxy) is 1. The second-order valence-corrected chi connectivity index (χ2v) is 6.32. The molecule has 0 saturated carbocycles. The molecule has 0 saturated heterocycles. The van der Waals surface area contributed by atoms with Gasteiger partial charge in [-0.1, -0.05) is 30.3 Å². The molecule has 0 aliphatic carbocycles. The van der Waals surface area contributed by atoms with Gasteiger partial charge in [-0.25, -0.2) is 0 Å². The Hall–Kier alpha value is -2.44. The Morgan fingerprint density at radius 3 is 2.44 bits per heavy atom. The molecule has 0 heterocycles. The molecule has 0 bridgehead atoms. The standard InChI is InChI=1S/C20H17ClF3NO2/c21-11-16(26)12-25-18-10-15(20(22,23)24)6-8-19(18)27-17-7-5-13-3-1-2-4-14(13)9-17/h1-10,16,25-26H,11-12H2. The molecule has 1 unspecified atom stereocenters. The van der Waals surface area contributed by atoms with E-state index in [4.69, 9.17) is 16.3 Å². The van der Waals surface area contributed by atoms with Gasteiger partial charge in [0.15, 0.2) is 5.75 Å². The zero-order valence-electron chi connectivity index (χ0n) is 14.1. The lowest BCUT2D eigenvalue weighted by Crippen LogP contribution is -2.21. The first kappa shape index (κ1) is 19.3. The van der Waals surface area contributed by atoms with E-state index in [-0.39, 0.29) is 23.9 Å². The van der Waals surface area contributed by atoms with Crippen LogP contribution in [-0.2, 0) is 6.18 Å². The van der Waals surface area contributed by atoms with Gasteiger partial charge in [0, 0.05) is 6.54 Å². The van der Waals surface area contributed by atoms with E-state index in [0.29, 0.717) is 5.75 Å². The summed E-state index contributed by atoms with van der Waals surface area (Å²) in [4.78, 5) is 0. The van der Waals surface area contributed by atoms with Crippen molar-refractivity contribution in [2.24, 2.45) is 0 Å². The first-order chi connectivity index (χ1) is 12.9. The number of aliphatic hydroxyl groups excluding tert-OH is 1. The molecule has 3 aromatic carbocycles. The van der Waals surface area contributed by atoms with Crippen LogP contribution in [0.1, 0.15) is 5.56 Å². The summed E-state index contributed by atoms with van der Waals surface area (Å²) in [5.74, 6) is 0.682. The van der Waals surface area contributed by atoms with E-state index >= 15 is 0 Å². The number of halogens is 4. The second-order valence-electron chi connectivity index (χ2n) is 6.01. The van der Waals surface area contributed by atoms with Gasteiger partial charge in [-0.15, -0.1) is 11.6 Å². The molecule has 0 fully saturated rings. The fourth-order valence-electron chi connectivity index (χ4n) is 2.57. The monoisotopic (exact) mass is 395 g/mol. The van der Waals surface area contributed by atoms with Crippen LogP contribution >= 0.6 is 11.6 Å². The summed E-state index contributed by atoms with van der Waals surface area (Å²) in [6.07, 6.45) is -5.38. The Bertz CT molecular complexity index is 930. The van der Waals surface area contributed by atoms with Gasteiger partial charge in [0.05, 0.1) is 23.2 Å². The number of alkyl halides is 4. The molecule has 0 radical (unpaired) electrons. The average molecular weight is 396 g/mol. The Labute approximate surface area is 159 Å². The molecule has 0 aromatic heterocycles. The lowest BCUT2D eigenvalue weighted by molar-refractivity contribution is -0.137. The number of rotatable bonds is 6. The van der Waals surface area contributed by atoms with Gasteiger partial charge >= 0.3 is 6.18 Å². The van der Waals surface area contributed by atoms with E-state index in [1.54, 1.807) is 6.07 Å². The highest BCUT2D eigenvalue weighted by Gasteiger charge is 2.31. The summed E-state index contributed by atoms with van der Waals surface area (Å²) >= 11 is 5.55. The topological polar surface area (TPSA) is 41.5 Å². The average Bonchev–Trinajstić information content (AvgIpc) is 2.66. The molecule has 2 N–H and O–H groups in total. The summed E-state index contributed by atoms with van der Waals surface area (Å²) in [7, 11) is 0. The van der Waals surface area contributed by atoms with Crippen molar-refractivity contribution in [2.75, 3.05) is 17.7 Å². The molecule has 7 heteroatoms. The number of hydrogen-bond acceptors (Lipinski definition) is 3. The molecule has 0 spiro atoms. The van der Waals surface area contributed by atoms with Crippen molar-refractivity contribution < 1.29 is 23.0 Å². The predicted octanol–water partition coefficient (Wildman–Crippen LogP) is 5.66. The maximum atomic E-state index is 13.0.